The van der Waals surface area contributed by atoms with Crippen molar-refractivity contribution >= 4 is 11.9 Å². The lowest BCUT2D eigenvalue weighted by Crippen LogP contribution is -2.44. The van der Waals surface area contributed by atoms with Crippen LogP contribution in [-0.2, 0) is 0 Å². The highest BCUT2D eigenvalue weighted by Crippen LogP contribution is 2.03. The third-order valence-electron chi connectivity index (χ3n) is 3.50. The Morgan fingerprint density at radius 1 is 0.636 bits per heavy atom. The van der Waals surface area contributed by atoms with Crippen LogP contribution in [0.4, 0.5) is 11.9 Å². The summed E-state index contributed by atoms with van der Waals surface area (Å²) in [6, 6.07) is 0. The van der Waals surface area contributed by atoms with Gasteiger partial charge in [0.2, 0.25) is 11.9 Å². The highest BCUT2D eigenvalue weighted by atomic mass is 15.5. The zero-order chi connectivity index (χ0) is 15.0. The van der Waals surface area contributed by atoms with Crippen molar-refractivity contribution in [1.29, 1.82) is 0 Å². The molecule has 2 aliphatic heterocycles. The number of aromatic amines is 2. The Hall–Kier alpha value is -2.34. The minimum atomic E-state index is 0.770. The lowest BCUT2D eigenvalue weighted by molar-refractivity contribution is 0.580. The van der Waals surface area contributed by atoms with Gasteiger partial charge in [0, 0.05) is 52.4 Å². The van der Waals surface area contributed by atoms with Crippen molar-refractivity contribution in [3.8, 4) is 0 Å². The van der Waals surface area contributed by atoms with Crippen LogP contribution in [0.25, 0.3) is 0 Å². The molecule has 12 heteroatoms. The smallest absolute Gasteiger partial charge is 0.242 e. The Morgan fingerprint density at radius 3 is 1.36 bits per heavy atom. The molecule has 4 N–H and O–H groups in total. The third kappa shape index (κ3) is 3.85. The van der Waals surface area contributed by atoms with E-state index in [1.54, 1.807) is 0 Å². The fourth-order valence-corrected chi connectivity index (χ4v) is 2.33. The van der Waals surface area contributed by atoms with Gasteiger partial charge in [-0.15, -0.1) is 0 Å². The number of tetrazole rings is 2. The van der Waals surface area contributed by atoms with Gasteiger partial charge >= 0.3 is 0 Å². The standard InChI is InChI=1S/2C5H10N6/c2*1-3-11(4-2-6-1)5-7-9-10-8-5/h2*6H,1-4H2,(H,7,8,9,10). The van der Waals surface area contributed by atoms with Crippen LogP contribution in [0.5, 0.6) is 0 Å². The molecule has 0 radical (unpaired) electrons. The summed E-state index contributed by atoms with van der Waals surface area (Å²) in [4.78, 5) is 4.24. The number of H-pyrrole nitrogens is 2. The number of piperazine rings is 2. The van der Waals surface area contributed by atoms with Crippen LogP contribution in [0.15, 0.2) is 0 Å². The molecule has 22 heavy (non-hydrogen) atoms. The molecule has 12 nitrogen and oxygen atoms in total. The minimum absolute atomic E-state index is 0.770. The summed E-state index contributed by atoms with van der Waals surface area (Å²) in [6.45, 7) is 7.88. The van der Waals surface area contributed by atoms with E-state index in [4.69, 9.17) is 0 Å². The van der Waals surface area contributed by atoms with Gasteiger partial charge in [-0.25, -0.2) is 10.2 Å². The topological polar surface area (TPSA) is 139 Å². The van der Waals surface area contributed by atoms with Crippen molar-refractivity contribution in [2.75, 3.05) is 62.2 Å². The van der Waals surface area contributed by atoms with E-state index in [0.29, 0.717) is 0 Å². The van der Waals surface area contributed by atoms with E-state index >= 15 is 0 Å². The van der Waals surface area contributed by atoms with Gasteiger partial charge in [-0.1, -0.05) is 10.2 Å². The van der Waals surface area contributed by atoms with Crippen LogP contribution < -0.4 is 20.4 Å². The second kappa shape index (κ2) is 7.61. The molecule has 0 saturated carbocycles. The van der Waals surface area contributed by atoms with Gasteiger partial charge in [0.05, 0.1) is 0 Å². The number of rotatable bonds is 2. The first-order chi connectivity index (χ1) is 10.9. The SMILES string of the molecule is C1CN(c2nnn[nH]2)CCN1.C1CN(c2nnn[nH]2)CCN1. The van der Waals surface area contributed by atoms with Crippen LogP contribution in [0, 0.1) is 0 Å². The summed E-state index contributed by atoms with van der Waals surface area (Å²) >= 11 is 0. The molecule has 0 atom stereocenters. The van der Waals surface area contributed by atoms with Gasteiger partial charge in [-0.05, 0) is 20.9 Å². The highest BCUT2D eigenvalue weighted by molar-refractivity contribution is 5.27. The Kier molecular flexibility index (Phi) is 5.04. The van der Waals surface area contributed by atoms with Crippen LogP contribution in [0.2, 0.25) is 0 Å². The van der Waals surface area contributed by atoms with Gasteiger partial charge in [-0.2, -0.15) is 0 Å². The molecule has 2 aromatic rings. The van der Waals surface area contributed by atoms with E-state index < -0.39 is 0 Å². The maximum atomic E-state index is 3.82. The van der Waals surface area contributed by atoms with E-state index in [-0.39, 0.29) is 0 Å². The van der Waals surface area contributed by atoms with E-state index in [1.807, 2.05) is 0 Å². The van der Waals surface area contributed by atoms with E-state index in [0.717, 1.165) is 64.3 Å². The molecule has 0 bridgehead atoms. The van der Waals surface area contributed by atoms with Gasteiger partial charge in [0.15, 0.2) is 0 Å². The highest BCUT2D eigenvalue weighted by Gasteiger charge is 2.13. The van der Waals surface area contributed by atoms with Crippen molar-refractivity contribution in [2.45, 2.75) is 0 Å². The number of aromatic nitrogens is 8. The first-order valence-electron chi connectivity index (χ1n) is 7.32. The Labute approximate surface area is 127 Å². The minimum Gasteiger partial charge on any atom is -0.337 e. The molecule has 0 unspecified atom stereocenters. The predicted molar refractivity (Wildman–Crippen MR) is 78.5 cm³/mol. The Bertz CT molecular complexity index is 450. The molecule has 4 heterocycles. The quantitative estimate of drug-likeness (QED) is 0.460. The van der Waals surface area contributed by atoms with Gasteiger partial charge in [0.1, 0.15) is 0 Å². The first kappa shape index (κ1) is 14.6. The molecular formula is C10H20N12. The van der Waals surface area contributed by atoms with Crippen molar-refractivity contribution in [2.24, 2.45) is 0 Å². The summed E-state index contributed by atoms with van der Waals surface area (Å²) in [5.74, 6) is 1.54. The molecular weight excluding hydrogens is 288 g/mol. The number of hydrogen-bond acceptors (Lipinski definition) is 10. The van der Waals surface area contributed by atoms with Gasteiger partial charge < -0.3 is 20.4 Å². The van der Waals surface area contributed by atoms with Crippen LogP contribution >= 0.6 is 0 Å². The maximum absolute atomic E-state index is 3.82. The Morgan fingerprint density at radius 2 is 1.05 bits per heavy atom. The van der Waals surface area contributed by atoms with Crippen molar-refractivity contribution in [3.05, 3.63) is 0 Å². The first-order valence-corrected chi connectivity index (χ1v) is 7.32. The lowest BCUT2D eigenvalue weighted by Gasteiger charge is -2.25. The van der Waals surface area contributed by atoms with Crippen LogP contribution in [0.1, 0.15) is 0 Å². The lowest BCUT2D eigenvalue weighted by atomic mass is 10.4. The fraction of sp³-hybridized carbons (Fsp3) is 0.800. The van der Waals surface area contributed by atoms with E-state index in [1.165, 1.54) is 0 Å². The molecule has 0 aromatic carbocycles. The van der Waals surface area contributed by atoms with E-state index in [2.05, 4.69) is 61.7 Å². The maximum Gasteiger partial charge on any atom is 0.242 e. The van der Waals surface area contributed by atoms with E-state index in [9.17, 15) is 0 Å². The molecule has 2 saturated heterocycles. The largest absolute Gasteiger partial charge is 0.337 e. The fourth-order valence-electron chi connectivity index (χ4n) is 2.33. The molecule has 2 aliphatic rings. The summed E-state index contributed by atoms with van der Waals surface area (Å²) in [7, 11) is 0. The van der Waals surface area contributed by atoms with Crippen molar-refractivity contribution in [1.82, 2.24) is 51.9 Å². The summed E-state index contributed by atoms with van der Waals surface area (Å²) in [5.41, 5.74) is 0. The molecule has 4 rings (SSSR count). The second-order valence-corrected chi connectivity index (χ2v) is 4.92. The second-order valence-electron chi connectivity index (χ2n) is 4.92. The summed E-state index contributed by atoms with van der Waals surface area (Å²) < 4.78 is 0. The van der Waals surface area contributed by atoms with Crippen molar-refractivity contribution < 1.29 is 0 Å². The summed E-state index contributed by atoms with van der Waals surface area (Å²) in [5, 5.41) is 33.7. The molecule has 0 spiro atoms. The van der Waals surface area contributed by atoms with Crippen LogP contribution in [-0.4, -0.2) is 93.6 Å². The zero-order valence-electron chi connectivity index (χ0n) is 12.2. The number of hydrogen-bond donors (Lipinski definition) is 4. The van der Waals surface area contributed by atoms with Gasteiger partial charge in [-0.3, -0.25) is 0 Å². The summed E-state index contributed by atoms with van der Waals surface area (Å²) in [6.07, 6.45) is 0. The molecule has 2 aromatic heterocycles. The molecule has 0 amide bonds. The number of nitrogens with zero attached hydrogens (tertiary/aromatic N) is 8. The van der Waals surface area contributed by atoms with Crippen molar-refractivity contribution in [3.63, 3.8) is 0 Å². The van der Waals surface area contributed by atoms with Crippen LogP contribution in [0.3, 0.4) is 0 Å². The monoisotopic (exact) mass is 308 g/mol. The predicted octanol–water partition coefficient (Wildman–Crippen LogP) is -2.78. The Balaban J connectivity index is 0.000000131. The average molecular weight is 308 g/mol. The molecule has 120 valence electrons. The third-order valence-corrected chi connectivity index (χ3v) is 3.50. The number of nitrogens with one attached hydrogen (secondary N) is 4. The van der Waals surface area contributed by atoms with Gasteiger partial charge in [0.25, 0.3) is 0 Å². The normalized spacial score (nSPS) is 18.7. The molecule has 0 aliphatic carbocycles. The zero-order valence-corrected chi connectivity index (χ0v) is 12.2. The molecule has 2 fully saturated rings. The average Bonchev–Trinajstić information content (AvgIpc) is 3.31. The number of anilines is 2.